The highest BCUT2D eigenvalue weighted by atomic mass is 19.1. The number of amides is 1. The molecule has 1 aliphatic rings. The maximum absolute atomic E-state index is 13.6. The Balaban J connectivity index is 1.69. The van der Waals surface area contributed by atoms with Crippen molar-refractivity contribution in [2.45, 2.75) is 45.6 Å². The molecule has 140 valence electrons. The summed E-state index contributed by atoms with van der Waals surface area (Å²) in [7, 11) is 0. The molecule has 1 amide bonds. The van der Waals surface area contributed by atoms with Gasteiger partial charge < -0.3 is 10.2 Å². The van der Waals surface area contributed by atoms with Crippen LogP contribution in [-0.4, -0.2) is 60.5 Å². The van der Waals surface area contributed by atoms with E-state index in [1.807, 2.05) is 6.07 Å². The van der Waals surface area contributed by atoms with Gasteiger partial charge in [0.2, 0.25) is 5.91 Å². The third kappa shape index (κ3) is 6.08. The number of halogens is 1. The van der Waals surface area contributed by atoms with Crippen molar-refractivity contribution >= 4 is 5.91 Å². The SMILES string of the molecule is CCN1CCN(C(C)(C)CNC(=O)CCCc2ccccc2F)CC1. The number of carbonyl (C=O) groups excluding carboxylic acids is 1. The molecule has 1 heterocycles. The Hall–Kier alpha value is -1.46. The average Bonchev–Trinajstić information content (AvgIpc) is 2.62. The van der Waals surface area contributed by atoms with E-state index < -0.39 is 0 Å². The zero-order valence-electron chi connectivity index (χ0n) is 15.9. The lowest BCUT2D eigenvalue weighted by Gasteiger charge is -2.44. The highest BCUT2D eigenvalue weighted by Crippen LogP contribution is 2.16. The first kappa shape index (κ1) is 19.9. The second kappa shape index (κ2) is 9.30. The maximum Gasteiger partial charge on any atom is 0.220 e. The van der Waals surface area contributed by atoms with Gasteiger partial charge in [0.25, 0.3) is 0 Å². The average molecular weight is 349 g/mol. The number of hydrogen-bond donors (Lipinski definition) is 1. The summed E-state index contributed by atoms with van der Waals surface area (Å²) in [5, 5.41) is 3.06. The molecule has 0 aliphatic carbocycles. The van der Waals surface area contributed by atoms with E-state index in [9.17, 15) is 9.18 Å². The molecule has 1 aliphatic heterocycles. The van der Waals surface area contributed by atoms with Crippen molar-refractivity contribution in [3.05, 3.63) is 35.6 Å². The minimum atomic E-state index is -0.185. The van der Waals surface area contributed by atoms with Crippen LogP contribution in [-0.2, 0) is 11.2 Å². The fraction of sp³-hybridized carbons (Fsp3) is 0.650. The van der Waals surface area contributed by atoms with Gasteiger partial charge in [-0.2, -0.15) is 0 Å². The highest BCUT2D eigenvalue weighted by molar-refractivity contribution is 5.75. The van der Waals surface area contributed by atoms with E-state index in [4.69, 9.17) is 0 Å². The molecule has 25 heavy (non-hydrogen) atoms. The normalized spacial score (nSPS) is 16.8. The molecule has 0 radical (unpaired) electrons. The van der Waals surface area contributed by atoms with Crippen molar-refractivity contribution in [3.8, 4) is 0 Å². The number of rotatable bonds is 8. The van der Waals surface area contributed by atoms with Gasteiger partial charge in [0.15, 0.2) is 0 Å². The van der Waals surface area contributed by atoms with E-state index in [-0.39, 0.29) is 17.3 Å². The van der Waals surface area contributed by atoms with E-state index in [0.29, 0.717) is 31.4 Å². The second-order valence-corrected chi connectivity index (χ2v) is 7.46. The number of piperazine rings is 1. The Kier molecular flexibility index (Phi) is 7.38. The number of likely N-dealkylation sites (N-methyl/N-ethyl adjacent to an activating group) is 1. The Morgan fingerprint density at radius 3 is 2.52 bits per heavy atom. The lowest BCUT2D eigenvalue weighted by molar-refractivity contribution is -0.121. The monoisotopic (exact) mass is 349 g/mol. The van der Waals surface area contributed by atoms with Gasteiger partial charge in [-0.15, -0.1) is 0 Å². The molecule has 1 aromatic rings. The standard InChI is InChI=1S/C20H32FN3O/c1-4-23-12-14-24(15-13-23)20(2,3)16-22-19(25)11-7-9-17-8-5-6-10-18(17)21/h5-6,8,10H,4,7,9,11-16H2,1-3H3,(H,22,25). The Labute approximate surface area is 151 Å². The van der Waals surface area contributed by atoms with Gasteiger partial charge in [-0.1, -0.05) is 25.1 Å². The largest absolute Gasteiger partial charge is 0.354 e. The lowest BCUT2D eigenvalue weighted by Crippen LogP contribution is -2.58. The minimum Gasteiger partial charge on any atom is -0.354 e. The molecule has 0 saturated carbocycles. The molecule has 1 fully saturated rings. The van der Waals surface area contributed by atoms with Gasteiger partial charge in [-0.25, -0.2) is 4.39 Å². The van der Waals surface area contributed by atoms with Crippen LogP contribution >= 0.6 is 0 Å². The molecule has 0 bridgehead atoms. The topological polar surface area (TPSA) is 35.6 Å². The summed E-state index contributed by atoms with van der Waals surface area (Å²) < 4.78 is 13.6. The second-order valence-electron chi connectivity index (χ2n) is 7.46. The predicted octanol–water partition coefficient (Wildman–Crippen LogP) is 2.68. The first-order chi connectivity index (χ1) is 11.9. The van der Waals surface area contributed by atoms with Crippen LogP contribution in [0.15, 0.2) is 24.3 Å². The third-order valence-electron chi connectivity index (χ3n) is 5.20. The predicted molar refractivity (Wildman–Crippen MR) is 100 cm³/mol. The molecule has 0 aromatic heterocycles. The summed E-state index contributed by atoms with van der Waals surface area (Å²) in [6.45, 7) is 12.6. The molecule has 0 unspecified atom stereocenters. The molecule has 0 spiro atoms. The number of benzene rings is 1. The quantitative estimate of drug-likeness (QED) is 0.784. The number of nitrogens with one attached hydrogen (secondary N) is 1. The van der Waals surface area contributed by atoms with Gasteiger partial charge in [0, 0.05) is 44.7 Å². The fourth-order valence-corrected chi connectivity index (χ4v) is 3.33. The third-order valence-corrected chi connectivity index (χ3v) is 5.20. The zero-order chi connectivity index (χ0) is 18.3. The summed E-state index contributed by atoms with van der Waals surface area (Å²) in [6.07, 6.45) is 1.71. The molecule has 4 nitrogen and oxygen atoms in total. The van der Waals surface area contributed by atoms with Crippen molar-refractivity contribution in [1.29, 1.82) is 0 Å². The van der Waals surface area contributed by atoms with Crippen molar-refractivity contribution in [2.24, 2.45) is 0 Å². The van der Waals surface area contributed by atoms with E-state index in [0.717, 1.165) is 32.7 Å². The first-order valence-corrected chi connectivity index (χ1v) is 9.40. The Bertz CT molecular complexity index is 554. The van der Waals surface area contributed by atoms with Crippen molar-refractivity contribution in [2.75, 3.05) is 39.3 Å². The van der Waals surface area contributed by atoms with Gasteiger partial charge >= 0.3 is 0 Å². The fourth-order valence-electron chi connectivity index (χ4n) is 3.33. The van der Waals surface area contributed by atoms with Crippen LogP contribution in [0, 0.1) is 5.82 Å². The van der Waals surface area contributed by atoms with Crippen LogP contribution in [0.5, 0.6) is 0 Å². The molecule has 0 atom stereocenters. The van der Waals surface area contributed by atoms with Gasteiger partial charge in [0.05, 0.1) is 0 Å². The molecule has 1 saturated heterocycles. The van der Waals surface area contributed by atoms with Gasteiger partial charge in [-0.3, -0.25) is 9.69 Å². The van der Waals surface area contributed by atoms with Crippen molar-refractivity contribution in [1.82, 2.24) is 15.1 Å². The molecular weight excluding hydrogens is 317 g/mol. The molecule has 1 aromatic carbocycles. The zero-order valence-corrected chi connectivity index (χ0v) is 15.9. The van der Waals surface area contributed by atoms with Crippen LogP contribution in [0.2, 0.25) is 0 Å². The van der Waals surface area contributed by atoms with Gasteiger partial charge in [-0.05, 0) is 44.9 Å². The number of nitrogens with zero attached hydrogens (tertiary/aromatic N) is 2. The Morgan fingerprint density at radius 1 is 1.20 bits per heavy atom. The van der Waals surface area contributed by atoms with E-state index in [2.05, 4.69) is 35.9 Å². The lowest BCUT2D eigenvalue weighted by atomic mass is 10.0. The van der Waals surface area contributed by atoms with Crippen molar-refractivity contribution < 1.29 is 9.18 Å². The summed E-state index contributed by atoms with van der Waals surface area (Å²) in [5.74, 6) is -0.133. The van der Waals surface area contributed by atoms with Crippen LogP contribution in [0.4, 0.5) is 4.39 Å². The van der Waals surface area contributed by atoms with Crippen LogP contribution in [0.3, 0.4) is 0 Å². The smallest absolute Gasteiger partial charge is 0.220 e. The van der Waals surface area contributed by atoms with Gasteiger partial charge in [0.1, 0.15) is 5.82 Å². The summed E-state index contributed by atoms with van der Waals surface area (Å²) >= 11 is 0. The number of carbonyl (C=O) groups is 1. The highest BCUT2D eigenvalue weighted by Gasteiger charge is 2.29. The van der Waals surface area contributed by atoms with Crippen molar-refractivity contribution in [3.63, 3.8) is 0 Å². The first-order valence-electron chi connectivity index (χ1n) is 9.40. The summed E-state index contributed by atoms with van der Waals surface area (Å²) in [6, 6.07) is 6.77. The number of hydrogen-bond acceptors (Lipinski definition) is 3. The van der Waals surface area contributed by atoms with Crippen LogP contribution in [0.25, 0.3) is 0 Å². The molecule has 5 heteroatoms. The number of aryl methyl sites for hydroxylation is 1. The molecular formula is C20H32FN3O. The van der Waals surface area contributed by atoms with E-state index in [1.165, 1.54) is 6.07 Å². The van der Waals surface area contributed by atoms with E-state index in [1.54, 1.807) is 12.1 Å². The van der Waals surface area contributed by atoms with Crippen LogP contribution < -0.4 is 5.32 Å². The molecule has 1 N–H and O–H groups in total. The summed E-state index contributed by atoms with van der Waals surface area (Å²) in [4.78, 5) is 17.0. The maximum atomic E-state index is 13.6. The van der Waals surface area contributed by atoms with E-state index >= 15 is 0 Å². The Morgan fingerprint density at radius 2 is 1.88 bits per heavy atom. The van der Waals surface area contributed by atoms with Crippen LogP contribution in [0.1, 0.15) is 39.2 Å². The summed E-state index contributed by atoms with van der Waals surface area (Å²) in [5.41, 5.74) is 0.644. The molecule has 2 rings (SSSR count). The minimum absolute atomic E-state index is 0.0406.